The quantitative estimate of drug-likeness (QED) is 0.759. The summed E-state index contributed by atoms with van der Waals surface area (Å²) in [6, 6.07) is -0.526. The Hall–Kier alpha value is 1.43. The van der Waals surface area contributed by atoms with Crippen molar-refractivity contribution in [2.45, 2.75) is 32.7 Å². The van der Waals surface area contributed by atoms with Gasteiger partial charge in [0, 0.05) is 75.9 Å². The third kappa shape index (κ3) is 4.30. The molecule has 1 radical (unpaired) electrons. The van der Waals surface area contributed by atoms with Crippen LogP contribution in [0.4, 0.5) is 0 Å². The zero-order valence-electron chi connectivity index (χ0n) is 9.65. The van der Waals surface area contributed by atoms with Crippen LogP contribution in [0.15, 0.2) is 0 Å². The second-order valence-corrected chi connectivity index (χ2v) is 5.70. The summed E-state index contributed by atoms with van der Waals surface area (Å²) in [4.78, 5) is 11.3. The summed E-state index contributed by atoms with van der Waals surface area (Å²) in [7, 11) is -2.11. The zero-order valence-corrected chi connectivity index (χ0v) is 16.7. The van der Waals surface area contributed by atoms with Gasteiger partial charge >= 0.3 is 10.2 Å². The van der Waals surface area contributed by atoms with Crippen LogP contribution in [0.2, 0.25) is 0 Å². The Balaban J connectivity index is 0.00000196. The molecule has 15 heavy (non-hydrogen) atoms. The Labute approximate surface area is 150 Å². The Kier molecular flexibility index (Phi) is 7.00. The number of nitrogens with zero attached hydrogens (tertiary/aromatic N) is 1. The number of nitrogens with one attached hydrogen (secondary N) is 1. The molecular weight excluding hydrogens is 337 g/mol. The second kappa shape index (κ2) is 6.39. The predicted molar refractivity (Wildman–Crippen MR) is 58.4 cm³/mol. The summed E-state index contributed by atoms with van der Waals surface area (Å²) in [6.07, 6.45) is 1.43. The van der Waals surface area contributed by atoms with Crippen LogP contribution in [0.5, 0.6) is 0 Å². The Morgan fingerprint density at radius 2 is 2.00 bits per heavy atom. The van der Waals surface area contributed by atoms with Crippen LogP contribution >= 0.6 is 0 Å². The molecular formula is C8H16CsN2O3S. The van der Waals surface area contributed by atoms with E-state index in [1.165, 1.54) is 7.05 Å². The molecule has 0 aliphatic carbocycles. The first-order valence-corrected chi connectivity index (χ1v) is 6.08. The van der Waals surface area contributed by atoms with Crippen LogP contribution in [0.1, 0.15) is 26.7 Å². The van der Waals surface area contributed by atoms with E-state index >= 15 is 0 Å². The van der Waals surface area contributed by atoms with Crippen molar-refractivity contribution in [2.24, 2.45) is 5.92 Å². The molecule has 1 aliphatic rings. The minimum atomic E-state index is -3.54. The maximum absolute atomic E-state index is 11.3. The van der Waals surface area contributed by atoms with Crippen LogP contribution in [0, 0.1) is 5.92 Å². The normalized spacial score (nSPS) is 25.1. The van der Waals surface area contributed by atoms with Gasteiger partial charge in [0.25, 0.3) is 5.91 Å². The molecule has 0 bridgehead atoms. The van der Waals surface area contributed by atoms with Crippen molar-refractivity contribution in [1.29, 1.82) is 0 Å². The molecule has 1 saturated heterocycles. The monoisotopic (exact) mass is 353 g/mol. The summed E-state index contributed by atoms with van der Waals surface area (Å²) in [5, 5.41) is 0. The molecule has 1 unspecified atom stereocenters. The van der Waals surface area contributed by atoms with E-state index in [1.807, 2.05) is 18.6 Å². The summed E-state index contributed by atoms with van der Waals surface area (Å²) in [5.74, 6) is 0.0626. The van der Waals surface area contributed by atoms with E-state index in [1.54, 1.807) is 0 Å². The maximum Gasteiger partial charge on any atom is 0.304 e. The van der Waals surface area contributed by atoms with E-state index in [2.05, 4.69) is 0 Å². The van der Waals surface area contributed by atoms with Crippen molar-refractivity contribution in [3.8, 4) is 0 Å². The summed E-state index contributed by atoms with van der Waals surface area (Å²) in [5.41, 5.74) is 0. The van der Waals surface area contributed by atoms with Crippen molar-refractivity contribution < 1.29 is 13.2 Å². The Morgan fingerprint density at radius 3 is 2.33 bits per heavy atom. The number of carbonyl (C=O) groups is 1. The molecule has 0 saturated carbocycles. The van der Waals surface area contributed by atoms with E-state index in [-0.39, 0.29) is 68.9 Å². The molecule has 1 aliphatic heterocycles. The van der Waals surface area contributed by atoms with Gasteiger partial charge in [-0.1, -0.05) is 13.8 Å². The fourth-order valence-corrected chi connectivity index (χ4v) is 2.47. The number of carbonyl (C=O) groups excluding carboxylic acids is 1. The predicted octanol–water partition coefficient (Wildman–Crippen LogP) is -0.283. The van der Waals surface area contributed by atoms with E-state index in [0.29, 0.717) is 12.3 Å². The van der Waals surface area contributed by atoms with Crippen molar-refractivity contribution in [1.82, 2.24) is 9.03 Å². The van der Waals surface area contributed by atoms with Crippen LogP contribution in [-0.4, -0.2) is 101 Å². The maximum atomic E-state index is 11.3. The summed E-state index contributed by atoms with van der Waals surface area (Å²) < 4.78 is 25.5. The molecule has 1 fully saturated rings. The standard InChI is InChI=1S/C8H16N2O3S.Cs/c1-6(2)4-5-7-8(11)9-14(12,13)10(7)3;/h6-7H,4-5H2,1-3H3,(H,9,11);. The van der Waals surface area contributed by atoms with Crippen molar-refractivity contribution in [2.75, 3.05) is 7.05 Å². The smallest absolute Gasteiger partial charge is 0.272 e. The number of hydrogen-bond donors (Lipinski definition) is 1. The van der Waals surface area contributed by atoms with Gasteiger partial charge in [-0.2, -0.15) is 12.7 Å². The van der Waals surface area contributed by atoms with Crippen molar-refractivity contribution in [3.63, 3.8) is 0 Å². The first-order chi connectivity index (χ1) is 6.34. The van der Waals surface area contributed by atoms with Crippen LogP contribution < -0.4 is 4.72 Å². The Bertz CT molecular complexity index is 329. The number of amides is 1. The summed E-state index contributed by atoms with van der Waals surface area (Å²) >= 11 is 0. The first-order valence-electron chi connectivity index (χ1n) is 4.64. The molecule has 0 aromatic carbocycles. The molecule has 1 atom stereocenters. The van der Waals surface area contributed by atoms with Gasteiger partial charge in [0.15, 0.2) is 0 Å². The average Bonchev–Trinajstić information content (AvgIpc) is 2.19. The molecule has 1 rings (SSSR count). The molecule has 1 heterocycles. The minimum Gasteiger partial charge on any atom is -0.272 e. The van der Waals surface area contributed by atoms with Gasteiger partial charge in [-0.3, -0.25) is 4.79 Å². The van der Waals surface area contributed by atoms with Gasteiger partial charge in [0.2, 0.25) is 0 Å². The number of rotatable bonds is 3. The minimum absolute atomic E-state index is 0. The molecule has 7 heteroatoms. The molecule has 0 aromatic rings. The van der Waals surface area contributed by atoms with Gasteiger partial charge in [0.1, 0.15) is 6.04 Å². The fourth-order valence-electron chi connectivity index (χ4n) is 1.40. The SMILES string of the molecule is CC(C)CCC1C(=O)NS(=O)(=O)N1C.[Cs]. The Morgan fingerprint density at radius 1 is 1.47 bits per heavy atom. The molecule has 83 valence electrons. The summed E-state index contributed by atoms with van der Waals surface area (Å²) in [6.45, 7) is 4.09. The zero-order chi connectivity index (χ0) is 10.9. The van der Waals surface area contributed by atoms with Gasteiger partial charge < -0.3 is 0 Å². The second-order valence-electron chi connectivity index (χ2n) is 3.97. The molecule has 5 nitrogen and oxygen atoms in total. The number of hydrogen-bond acceptors (Lipinski definition) is 3. The van der Waals surface area contributed by atoms with E-state index in [9.17, 15) is 13.2 Å². The fraction of sp³-hybridized carbons (Fsp3) is 0.875. The van der Waals surface area contributed by atoms with E-state index < -0.39 is 22.2 Å². The molecule has 1 amide bonds. The van der Waals surface area contributed by atoms with Gasteiger partial charge in [-0.15, -0.1) is 0 Å². The first kappa shape index (κ1) is 16.4. The van der Waals surface area contributed by atoms with Gasteiger partial charge in [-0.25, -0.2) is 4.72 Å². The molecule has 0 aromatic heterocycles. The van der Waals surface area contributed by atoms with Crippen LogP contribution in [-0.2, 0) is 15.0 Å². The van der Waals surface area contributed by atoms with Gasteiger partial charge in [0.05, 0.1) is 0 Å². The number of likely N-dealkylation sites (N-methyl/N-ethyl adjacent to an activating group) is 1. The van der Waals surface area contributed by atoms with Crippen LogP contribution in [0.25, 0.3) is 0 Å². The van der Waals surface area contributed by atoms with E-state index in [0.717, 1.165) is 10.7 Å². The van der Waals surface area contributed by atoms with Gasteiger partial charge in [-0.05, 0) is 18.8 Å². The van der Waals surface area contributed by atoms with E-state index in [4.69, 9.17) is 0 Å². The topological polar surface area (TPSA) is 66.5 Å². The van der Waals surface area contributed by atoms with Crippen LogP contribution in [0.3, 0.4) is 0 Å². The third-order valence-electron chi connectivity index (χ3n) is 2.37. The third-order valence-corrected chi connectivity index (χ3v) is 3.84. The molecule has 1 N–H and O–H groups in total. The van der Waals surface area contributed by atoms with Crippen molar-refractivity contribution in [3.05, 3.63) is 0 Å². The average molecular weight is 353 g/mol. The largest absolute Gasteiger partial charge is 0.304 e. The van der Waals surface area contributed by atoms with Crippen molar-refractivity contribution >= 4 is 85.0 Å². The molecule has 0 spiro atoms.